The Morgan fingerprint density at radius 1 is 1.26 bits per heavy atom. The van der Waals surface area contributed by atoms with Gasteiger partial charge in [0, 0.05) is 23.0 Å². The van der Waals surface area contributed by atoms with Crippen LogP contribution in [-0.4, -0.2) is 12.1 Å². The number of hydrogen-bond donors (Lipinski definition) is 2. The molecular weight excluding hydrogens is 324 g/mol. The molecule has 3 nitrogen and oxygen atoms in total. The molecule has 5 heteroatoms. The van der Waals surface area contributed by atoms with Crippen LogP contribution in [0.3, 0.4) is 0 Å². The molecule has 0 amide bonds. The minimum atomic E-state index is 0.368. The van der Waals surface area contributed by atoms with Gasteiger partial charge in [-0.1, -0.05) is 24.4 Å². The average Bonchev–Trinajstić information content (AvgIpc) is 2.41. The van der Waals surface area contributed by atoms with Crippen molar-refractivity contribution >= 4 is 44.5 Å². The first-order valence-electron chi connectivity index (χ1n) is 5.61. The largest absolute Gasteiger partial charge is 0.495 e. The van der Waals surface area contributed by atoms with Gasteiger partial charge in [0.25, 0.3) is 0 Å². The highest BCUT2D eigenvalue weighted by atomic mass is 79.9. The van der Waals surface area contributed by atoms with Crippen LogP contribution in [0.4, 0.5) is 11.4 Å². The second-order valence-corrected chi connectivity index (χ2v) is 5.18. The third-order valence-electron chi connectivity index (χ3n) is 2.62. The molecule has 2 rings (SSSR count). The van der Waals surface area contributed by atoms with Gasteiger partial charge in [-0.15, -0.1) is 0 Å². The minimum absolute atomic E-state index is 0.368. The summed E-state index contributed by atoms with van der Waals surface area (Å²) in [7, 11) is 1.63. The Balaban J connectivity index is 2.34. The molecule has 0 spiro atoms. The second kappa shape index (κ2) is 6.04. The van der Waals surface area contributed by atoms with E-state index in [9.17, 15) is 0 Å². The summed E-state index contributed by atoms with van der Waals surface area (Å²) in [5.74, 6) is 0.762. The van der Waals surface area contributed by atoms with Crippen molar-refractivity contribution in [3.8, 4) is 5.75 Å². The maximum atomic E-state index is 5.71. The molecule has 19 heavy (non-hydrogen) atoms. The highest BCUT2D eigenvalue weighted by molar-refractivity contribution is 9.10. The summed E-state index contributed by atoms with van der Waals surface area (Å²) >= 11 is 8.46. The van der Waals surface area contributed by atoms with E-state index in [1.807, 2.05) is 42.5 Å². The van der Waals surface area contributed by atoms with Crippen molar-refractivity contribution in [3.63, 3.8) is 0 Å². The molecule has 0 aromatic heterocycles. The van der Waals surface area contributed by atoms with Crippen molar-refractivity contribution < 1.29 is 4.74 Å². The normalized spacial score (nSPS) is 10.0. The fraction of sp³-hybridized carbons (Fsp3) is 0.0714. The lowest BCUT2D eigenvalue weighted by Gasteiger charge is -2.12. The third kappa shape index (κ3) is 3.24. The summed E-state index contributed by atoms with van der Waals surface area (Å²) in [6, 6.07) is 13.4. The van der Waals surface area contributed by atoms with Crippen molar-refractivity contribution in [2.75, 3.05) is 12.4 Å². The number of anilines is 2. The van der Waals surface area contributed by atoms with Gasteiger partial charge in [0.2, 0.25) is 0 Å². The fourth-order valence-electron chi connectivity index (χ4n) is 1.70. The van der Waals surface area contributed by atoms with Crippen LogP contribution in [0.15, 0.2) is 46.9 Å². The monoisotopic (exact) mass is 336 g/mol. The highest BCUT2D eigenvalue weighted by Gasteiger charge is 2.06. The molecule has 98 valence electrons. The number of methoxy groups -OCH3 is 1. The van der Waals surface area contributed by atoms with Crippen LogP contribution in [0.25, 0.3) is 0 Å². The van der Waals surface area contributed by atoms with Gasteiger partial charge in [-0.3, -0.25) is 0 Å². The Labute approximate surface area is 125 Å². The lowest BCUT2D eigenvalue weighted by molar-refractivity contribution is 0.412. The number of para-hydroxylation sites is 1. The molecule has 0 aliphatic carbocycles. The predicted octanol–water partition coefficient (Wildman–Crippen LogP) is 3.84. The average molecular weight is 337 g/mol. The highest BCUT2D eigenvalue weighted by Crippen LogP contribution is 2.30. The molecule has 0 heterocycles. The molecule has 0 unspecified atom stereocenters. The Morgan fingerprint density at radius 2 is 2.00 bits per heavy atom. The molecule has 0 aliphatic heterocycles. The van der Waals surface area contributed by atoms with Crippen molar-refractivity contribution in [2.45, 2.75) is 0 Å². The number of benzene rings is 2. The minimum Gasteiger partial charge on any atom is -0.495 e. The predicted molar refractivity (Wildman–Crippen MR) is 86.3 cm³/mol. The van der Waals surface area contributed by atoms with E-state index < -0.39 is 0 Å². The Hall–Kier alpha value is -1.59. The molecule has 0 radical (unpaired) electrons. The smallest absolute Gasteiger partial charge is 0.135 e. The van der Waals surface area contributed by atoms with Gasteiger partial charge >= 0.3 is 0 Å². The van der Waals surface area contributed by atoms with Crippen molar-refractivity contribution in [1.82, 2.24) is 0 Å². The van der Waals surface area contributed by atoms with E-state index in [1.54, 1.807) is 7.11 Å². The molecule has 0 atom stereocenters. The first kappa shape index (κ1) is 13.8. The number of halogens is 1. The molecular formula is C14H13BrN2OS. The number of thiocarbonyl (C=S) groups is 1. The van der Waals surface area contributed by atoms with Gasteiger partial charge < -0.3 is 15.8 Å². The molecule has 0 aliphatic rings. The summed E-state index contributed by atoms with van der Waals surface area (Å²) in [5, 5.41) is 3.29. The summed E-state index contributed by atoms with van der Waals surface area (Å²) in [5.41, 5.74) is 8.31. The van der Waals surface area contributed by atoms with E-state index in [4.69, 9.17) is 22.7 Å². The van der Waals surface area contributed by atoms with Crippen LogP contribution in [0.5, 0.6) is 5.75 Å². The van der Waals surface area contributed by atoms with Gasteiger partial charge in [0.05, 0.1) is 11.6 Å². The number of rotatable bonds is 4. The number of nitrogens with two attached hydrogens (primary N) is 1. The summed E-state index contributed by atoms with van der Waals surface area (Å²) in [4.78, 5) is 0.368. The number of ether oxygens (including phenoxy) is 1. The van der Waals surface area contributed by atoms with Crippen LogP contribution >= 0.6 is 28.1 Å². The van der Waals surface area contributed by atoms with E-state index >= 15 is 0 Å². The van der Waals surface area contributed by atoms with Crippen LogP contribution in [0, 0.1) is 0 Å². The van der Waals surface area contributed by atoms with Crippen LogP contribution in [0.2, 0.25) is 0 Å². The fourth-order valence-corrected chi connectivity index (χ4v) is 2.29. The lowest BCUT2D eigenvalue weighted by Crippen LogP contribution is -2.11. The zero-order chi connectivity index (χ0) is 13.8. The molecule has 0 saturated carbocycles. The molecule has 2 aromatic rings. The Bertz CT molecular complexity index is 616. The van der Waals surface area contributed by atoms with Crippen LogP contribution < -0.4 is 15.8 Å². The number of nitrogens with one attached hydrogen (secondary N) is 1. The quantitative estimate of drug-likeness (QED) is 0.833. The van der Waals surface area contributed by atoms with E-state index in [-0.39, 0.29) is 0 Å². The van der Waals surface area contributed by atoms with Gasteiger partial charge in [-0.05, 0) is 40.2 Å². The van der Waals surface area contributed by atoms with E-state index in [0.717, 1.165) is 27.2 Å². The van der Waals surface area contributed by atoms with Crippen molar-refractivity contribution in [3.05, 3.63) is 52.5 Å². The maximum absolute atomic E-state index is 5.71. The molecule has 2 aromatic carbocycles. The summed E-state index contributed by atoms with van der Waals surface area (Å²) in [6.07, 6.45) is 0. The third-order valence-corrected chi connectivity index (χ3v) is 3.50. The Kier molecular flexibility index (Phi) is 4.39. The first-order chi connectivity index (χ1) is 9.11. The second-order valence-electron chi connectivity index (χ2n) is 3.88. The van der Waals surface area contributed by atoms with Crippen LogP contribution in [0.1, 0.15) is 5.56 Å². The molecule has 0 bridgehead atoms. The van der Waals surface area contributed by atoms with E-state index in [0.29, 0.717) is 4.99 Å². The van der Waals surface area contributed by atoms with E-state index in [2.05, 4.69) is 21.2 Å². The summed E-state index contributed by atoms with van der Waals surface area (Å²) in [6.45, 7) is 0. The first-order valence-corrected chi connectivity index (χ1v) is 6.81. The van der Waals surface area contributed by atoms with Gasteiger partial charge in [0.1, 0.15) is 10.7 Å². The van der Waals surface area contributed by atoms with Gasteiger partial charge in [-0.2, -0.15) is 0 Å². The van der Waals surface area contributed by atoms with Crippen molar-refractivity contribution in [1.29, 1.82) is 0 Å². The van der Waals surface area contributed by atoms with Crippen LogP contribution in [-0.2, 0) is 0 Å². The molecule has 3 N–H and O–H groups in total. The summed E-state index contributed by atoms with van der Waals surface area (Å²) < 4.78 is 6.17. The standard InChI is InChI=1S/C14H13BrN2OS/c1-18-13-8-9(6-7-11(13)15)17-12-5-3-2-4-10(12)14(16)19/h2-8,17H,1H3,(H2,16,19). The zero-order valence-corrected chi connectivity index (χ0v) is 12.7. The van der Waals surface area contributed by atoms with Crippen molar-refractivity contribution in [2.24, 2.45) is 5.73 Å². The zero-order valence-electron chi connectivity index (χ0n) is 10.3. The Morgan fingerprint density at radius 3 is 2.68 bits per heavy atom. The lowest BCUT2D eigenvalue weighted by atomic mass is 10.1. The van der Waals surface area contributed by atoms with Gasteiger partial charge in [-0.25, -0.2) is 0 Å². The maximum Gasteiger partial charge on any atom is 0.135 e. The van der Waals surface area contributed by atoms with E-state index in [1.165, 1.54) is 0 Å². The molecule has 0 fully saturated rings. The molecule has 0 saturated heterocycles. The van der Waals surface area contributed by atoms with Gasteiger partial charge in [0.15, 0.2) is 0 Å². The number of hydrogen-bond acceptors (Lipinski definition) is 3. The SMILES string of the molecule is COc1cc(Nc2ccccc2C(N)=S)ccc1Br. The topological polar surface area (TPSA) is 47.3 Å².